The number of aliphatic hydroxyl groups excluding tert-OH is 1. The molecular weight excluding hydrogens is 422 g/mol. The molecule has 0 heterocycles. The van der Waals surface area contributed by atoms with Gasteiger partial charge in [-0.3, -0.25) is 14.9 Å². The minimum atomic E-state index is -3.88. The summed E-state index contributed by atoms with van der Waals surface area (Å²) in [5.74, 6) is -1.65. The molecule has 0 aliphatic heterocycles. The minimum absolute atomic E-state index is 0.203. The van der Waals surface area contributed by atoms with Crippen LogP contribution in [0.4, 0.5) is 5.69 Å². The number of sulfonamides is 1. The third-order valence-electron chi connectivity index (χ3n) is 4.09. The van der Waals surface area contributed by atoms with E-state index in [-0.39, 0.29) is 18.8 Å². The van der Waals surface area contributed by atoms with Crippen molar-refractivity contribution in [1.29, 1.82) is 5.26 Å². The lowest BCUT2D eigenvalue weighted by atomic mass is 10.2. The smallest absolute Gasteiger partial charge is 0.240 e. The van der Waals surface area contributed by atoms with Crippen molar-refractivity contribution >= 4 is 27.5 Å². The Kier molecular flexibility index (Phi) is 8.95. The molecule has 0 fully saturated rings. The highest BCUT2D eigenvalue weighted by Crippen LogP contribution is 2.08. The highest BCUT2D eigenvalue weighted by atomic mass is 32.2. The van der Waals surface area contributed by atoms with E-state index in [1.807, 2.05) is 0 Å². The van der Waals surface area contributed by atoms with Crippen molar-refractivity contribution in [3.8, 4) is 6.19 Å². The van der Waals surface area contributed by atoms with Gasteiger partial charge in [0, 0.05) is 12.2 Å². The van der Waals surface area contributed by atoms with Crippen LogP contribution in [0.5, 0.6) is 0 Å². The Morgan fingerprint density at radius 2 is 1.68 bits per heavy atom. The van der Waals surface area contributed by atoms with E-state index in [0.29, 0.717) is 11.3 Å². The number of rotatable bonds is 11. The molecule has 31 heavy (non-hydrogen) atoms. The number of hydrogen-bond acceptors (Lipinski definition) is 7. The van der Waals surface area contributed by atoms with Gasteiger partial charge in [-0.15, -0.1) is 0 Å². The molecule has 0 bridgehead atoms. The van der Waals surface area contributed by atoms with Crippen molar-refractivity contribution in [2.24, 2.45) is 0 Å². The summed E-state index contributed by atoms with van der Waals surface area (Å²) in [7, 11) is -3.88. The maximum absolute atomic E-state index is 12.2. The summed E-state index contributed by atoms with van der Waals surface area (Å²) in [4.78, 5) is 24.1. The van der Waals surface area contributed by atoms with Crippen LogP contribution in [0.1, 0.15) is 11.1 Å². The zero-order valence-corrected chi connectivity index (χ0v) is 17.4. The van der Waals surface area contributed by atoms with Crippen LogP contribution in [0.3, 0.4) is 0 Å². The normalized spacial score (nSPS) is 11.7. The van der Waals surface area contributed by atoms with Gasteiger partial charge in [-0.1, -0.05) is 42.5 Å². The summed E-state index contributed by atoms with van der Waals surface area (Å²) in [5.41, 5.74) is 1.93. The maximum atomic E-state index is 12.2. The summed E-state index contributed by atoms with van der Waals surface area (Å²) in [6.45, 7) is -0.941. The van der Waals surface area contributed by atoms with E-state index < -0.39 is 34.5 Å². The fourth-order valence-corrected chi connectivity index (χ4v) is 3.88. The van der Waals surface area contributed by atoms with Gasteiger partial charge in [-0.25, -0.2) is 13.1 Å². The summed E-state index contributed by atoms with van der Waals surface area (Å²) in [5, 5.41) is 25.3. The van der Waals surface area contributed by atoms with Crippen LogP contribution >= 0.6 is 0 Å². The second-order valence-electron chi connectivity index (χ2n) is 6.53. The number of nitrogens with zero attached hydrogens (tertiary/aromatic N) is 1. The number of nitriles is 1. The first-order chi connectivity index (χ1) is 14.8. The van der Waals surface area contributed by atoms with Crippen molar-refractivity contribution in [1.82, 2.24) is 15.4 Å². The summed E-state index contributed by atoms with van der Waals surface area (Å²) in [6.07, 6.45) is 1.80. The number of amides is 2. The Labute approximate surface area is 180 Å². The number of hydrogen-bond donors (Lipinski definition) is 5. The molecule has 10 nitrogen and oxygen atoms in total. The van der Waals surface area contributed by atoms with Crippen LogP contribution in [0.15, 0.2) is 54.6 Å². The Balaban J connectivity index is 1.79. The standard InChI is InChI=1S/C20H23N5O5S/c21-14-24-17-8-6-15(7-9-17)10-22-19(27)11-23-20(28)18(12-26)25-31(29,30)13-16-4-2-1-3-5-16/h1-9,18,24-26H,10-13H2,(H,22,27)(H,23,28)/t18-/m1/s1. The topological polar surface area (TPSA) is 160 Å². The average molecular weight is 446 g/mol. The fraction of sp³-hybridized carbons (Fsp3) is 0.250. The summed E-state index contributed by atoms with van der Waals surface area (Å²) < 4.78 is 26.6. The lowest BCUT2D eigenvalue weighted by Crippen LogP contribution is -2.50. The number of carbonyl (C=O) groups excluding carboxylic acids is 2. The van der Waals surface area contributed by atoms with Gasteiger partial charge in [-0.2, -0.15) is 5.26 Å². The molecular formula is C20H23N5O5S. The molecule has 0 saturated carbocycles. The largest absolute Gasteiger partial charge is 0.394 e. The van der Waals surface area contributed by atoms with Gasteiger partial charge in [0.15, 0.2) is 6.19 Å². The lowest BCUT2D eigenvalue weighted by molar-refractivity contribution is -0.127. The van der Waals surface area contributed by atoms with E-state index in [2.05, 4.69) is 20.7 Å². The zero-order valence-electron chi connectivity index (χ0n) is 16.5. The maximum Gasteiger partial charge on any atom is 0.240 e. The van der Waals surface area contributed by atoms with E-state index in [1.165, 1.54) is 0 Å². The quantitative estimate of drug-likeness (QED) is 0.236. The Bertz CT molecular complexity index is 1020. The van der Waals surface area contributed by atoms with Gasteiger partial charge < -0.3 is 15.7 Å². The van der Waals surface area contributed by atoms with E-state index >= 15 is 0 Å². The summed E-state index contributed by atoms with van der Waals surface area (Å²) in [6, 6.07) is 13.8. The Morgan fingerprint density at radius 3 is 2.29 bits per heavy atom. The van der Waals surface area contributed by atoms with Crippen LogP contribution in [0.25, 0.3) is 0 Å². The van der Waals surface area contributed by atoms with Gasteiger partial charge in [0.25, 0.3) is 0 Å². The molecule has 2 amide bonds. The van der Waals surface area contributed by atoms with Gasteiger partial charge in [-0.05, 0) is 23.3 Å². The fourth-order valence-electron chi connectivity index (χ4n) is 2.55. The highest BCUT2D eigenvalue weighted by molar-refractivity contribution is 7.88. The Morgan fingerprint density at radius 1 is 1.00 bits per heavy atom. The molecule has 2 aromatic carbocycles. The predicted octanol–water partition coefficient (Wildman–Crippen LogP) is -0.208. The molecule has 0 unspecified atom stereocenters. The monoisotopic (exact) mass is 445 g/mol. The van der Waals surface area contributed by atoms with Gasteiger partial charge in [0.1, 0.15) is 6.04 Å². The molecule has 5 N–H and O–H groups in total. The van der Waals surface area contributed by atoms with Crippen LogP contribution in [-0.4, -0.2) is 44.5 Å². The number of aliphatic hydroxyl groups is 1. The van der Waals surface area contributed by atoms with Crippen LogP contribution in [-0.2, 0) is 31.9 Å². The first kappa shape index (κ1) is 23.8. The molecule has 164 valence electrons. The van der Waals surface area contributed by atoms with Crippen LogP contribution in [0.2, 0.25) is 0 Å². The molecule has 1 atom stereocenters. The molecule has 0 aromatic heterocycles. The molecule has 11 heteroatoms. The molecule has 0 aliphatic rings. The third kappa shape index (κ3) is 8.43. The van der Waals surface area contributed by atoms with Crippen LogP contribution < -0.4 is 20.7 Å². The molecule has 0 radical (unpaired) electrons. The first-order valence-electron chi connectivity index (χ1n) is 9.26. The lowest BCUT2D eigenvalue weighted by Gasteiger charge is -2.16. The van der Waals surface area contributed by atoms with E-state index in [0.717, 1.165) is 5.56 Å². The minimum Gasteiger partial charge on any atom is -0.394 e. The number of nitrogens with one attached hydrogen (secondary N) is 4. The van der Waals surface area contributed by atoms with Crippen molar-refractivity contribution in [3.63, 3.8) is 0 Å². The second-order valence-corrected chi connectivity index (χ2v) is 8.28. The third-order valence-corrected chi connectivity index (χ3v) is 5.44. The van der Waals surface area contributed by atoms with Crippen molar-refractivity contribution in [2.45, 2.75) is 18.3 Å². The van der Waals surface area contributed by atoms with Crippen LogP contribution in [0, 0.1) is 11.5 Å². The van der Waals surface area contributed by atoms with Crippen molar-refractivity contribution in [3.05, 3.63) is 65.7 Å². The number of carbonyl (C=O) groups is 2. The second kappa shape index (κ2) is 11.7. The first-order valence-corrected chi connectivity index (χ1v) is 10.9. The molecule has 0 aliphatic carbocycles. The average Bonchev–Trinajstić information content (AvgIpc) is 2.76. The predicted molar refractivity (Wildman–Crippen MR) is 114 cm³/mol. The zero-order chi connectivity index (χ0) is 22.7. The molecule has 2 rings (SSSR count). The molecule has 2 aromatic rings. The van der Waals surface area contributed by atoms with E-state index in [9.17, 15) is 23.1 Å². The SMILES string of the molecule is N#CNc1ccc(CNC(=O)CNC(=O)[C@@H](CO)NS(=O)(=O)Cc2ccccc2)cc1. The van der Waals surface area contributed by atoms with Gasteiger partial charge in [0.2, 0.25) is 21.8 Å². The highest BCUT2D eigenvalue weighted by Gasteiger charge is 2.24. The number of benzene rings is 2. The van der Waals surface area contributed by atoms with Crippen molar-refractivity contribution < 1.29 is 23.1 Å². The van der Waals surface area contributed by atoms with Gasteiger partial charge in [0.05, 0.1) is 18.9 Å². The van der Waals surface area contributed by atoms with Crippen molar-refractivity contribution in [2.75, 3.05) is 18.5 Å². The Hall–Kier alpha value is -3.46. The summed E-state index contributed by atoms with van der Waals surface area (Å²) >= 11 is 0. The van der Waals surface area contributed by atoms with Gasteiger partial charge >= 0.3 is 0 Å². The van der Waals surface area contributed by atoms with E-state index in [1.54, 1.807) is 60.8 Å². The van der Waals surface area contributed by atoms with E-state index in [4.69, 9.17) is 5.26 Å². The molecule has 0 spiro atoms. The number of anilines is 1. The molecule has 0 saturated heterocycles.